The number of hydrogen-bond donors (Lipinski definition) is 2. The van der Waals surface area contributed by atoms with Crippen molar-refractivity contribution >= 4 is 16.0 Å². The molecule has 2 N–H and O–H groups in total. The summed E-state index contributed by atoms with van der Waals surface area (Å²) < 4.78 is 27.6. The first kappa shape index (κ1) is 14.7. The first-order valence-corrected chi connectivity index (χ1v) is 7.01. The molecule has 7 nitrogen and oxygen atoms in total. The third-order valence-corrected chi connectivity index (χ3v) is 3.88. The van der Waals surface area contributed by atoms with Crippen molar-refractivity contribution in [2.24, 2.45) is 7.05 Å². The van der Waals surface area contributed by atoms with E-state index in [4.69, 9.17) is 5.11 Å². The summed E-state index contributed by atoms with van der Waals surface area (Å²) in [5.41, 5.74) is 0. The largest absolute Gasteiger partial charge is 0.480 e. The van der Waals surface area contributed by atoms with Gasteiger partial charge in [-0.05, 0) is 13.3 Å². The van der Waals surface area contributed by atoms with Crippen molar-refractivity contribution in [1.82, 2.24) is 14.3 Å². The Balaban J connectivity index is 2.96. The maximum Gasteiger partial charge on any atom is 0.321 e. The monoisotopic (exact) mass is 275 g/mol. The SMILES string of the molecule is CCC[C@H](NS(=O)(=O)c1cn(C)c(C)n1)C(=O)O. The first-order valence-electron chi connectivity index (χ1n) is 5.53. The van der Waals surface area contributed by atoms with Crippen LogP contribution in [0.5, 0.6) is 0 Å². The molecule has 0 aliphatic heterocycles. The second-order valence-corrected chi connectivity index (χ2v) is 5.70. The Hall–Kier alpha value is -1.41. The predicted molar refractivity (Wildman–Crippen MR) is 64.6 cm³/mol. The minimum Gasteiger partial charge on any atom is -0.480 e. The zero-order chi connectivity index (χ0) is 13.9. The number of rotatable bonds is 6. The van der Waals surface area contributed by atoms with E-state index in [9.17, 15) is 13.2 Å². The second kappa shape index (κ2) is 5.49. The van der Waals surface area contributed by atoms with E-state index in [1.165, 1.54) is 6.20 Å². The van der Waals surface area contributed by atoms with Gasteiger partial charge in [0.25, 0.3) is 10.0 Å². The van der Waals surface area contributed by atoms with Crippen LogP contribution in [0.2, 0.25) is 0 Å². The second-order valence-electron chi connectivity index (χ2n) is 4.04. The molecule has 0 fully saturated rings. The van der Waals surface area contributed by atoms with Gasteiger partial charge in [0.1, 0.15) is 11.9 Å². The van der Waals surface area contributed by atoms with Crippen LogP contribution in [0.3, 0.4) is 0 Å². The Morgan fingerprint density at radius 3 is 2.61 bits per heavy atom. The van der Waals surface area contributed by atoms with Crippen LogP contribution >= 0.6 is 0 Å². The molecule has 0 saturated heterocycles. The van der Waals surface area contributed by atoms with E-state index in [2.05, 4.69) is 9.71 Å². The number of nitrogens with one attached hydrogen (secondary N) is 1. The van der Waals surface area contributed by atoms with Crippen molar-refractivity contribution < 1.29 is 18.3 Å². The summed E-state index contributed by atoms with van der Waals surface area (Å²) in [4.78, 5) is 14.8. The fraction of sp³-hybridized carbons (Fsp3) is 0.600. The van der Waals surface area contributed by atoms with Gasteiger partial charge < -0.3 is 9.67 Å². The average Bonchev–Trinajstić information content (AvgIpc) is 2.59. The van der Waals surface area contributed by atoms with Crippen LogP contribution in [0.25, 0.3) is 0 Å². The van der Waals surface area contributed by atoms with Crippen molar-refractivity contribution in [3.05, 3.63) is 12.0 Å². The highest BCUT2D eigenvalue weighted by atomic mass is 32.2. The standard InChI is InChI=1S/C10H17N3O4S/c1-4-5-8(10(14)15)12-18(16,17)9-6-13(3)7(2)11-9/h6,8,12H,4-5H2,1-3H3,(H,14,15)/t8-/m0/s1. The highest BCUT2D eigenvalue weighted by Crippen LogP contribution is 2.09. The van der Waals surface area contributed by atoms with Gasteiger partial charge in [-0.2, -0.15) is 4.72 Å². The number of aromatic nitrogens is 2. The zero-order valence-electron chi connectivity index (χ0n) is 10.5. The summed E-state index contributed by atoms with van der Waals surface area (Å²) in [7, 11) is -2.22. The Morgan fingerprint density at radius 1 is 1.61 bits per heavy atom. The van der Waals surface area contributed by atoms with Gasteiger partial charge in [-0.1, -0.05) is 13.3 Å². The highest BCUT2D eigenvalue weighted by Gasteiger charge is 2.26. The van der Waals surface area contributed by atoms with Crippen LogP contribution in [-0.4, -0.2) is 35.1 Å². The maximum atomic E-state index is 11.9. The lowest BCUT2D eigenvalue weighted by molar-refractivity contribution is -0.139. The minimum absolute atomic E-state index is 0.162. The Kier molecular flexibility index (Phi) is 4.47. The van der Waals surface area contributed by atoms with Crippen molar-refractivity contribution in [2.75, 3.05) is 0 Å². The van der Waals surface area contributed by atoms with Crippen molar-refractivity contribution in [1.29, 1.82) is 0 Å². The van der Waals surface area contributed by atoms with Gasteiger partial charge in [-0.3, -0.25) is 4.79 Å². The Morgan fingerprint density at radius 2 is 2.22 bits per heavy atom. The Bertz CT molecular complexity index is 516. The van der Waals surface area contributed by atoms with Gasteiger partial charge in [0.15, 0.2) is 5.03 Å². The van der Waals surface area contributed by atoms with E-state index in [0.29, 0.717) is 12.2 Å². The molecule has 0 aliphatic rings. The molecule has 0 radical (unpaired) electrons. The minimum atomic E-state index is -3.89. The summed E-state index contributed by atoms with van der Waals surface area (Å²) in [5, 5.41) is 8.76. The topological polar surface area (TPSA) is 101 Å². The zero-order valence-corrected chi connectivity index (χ0v) is 11.4. The summed E-state index contributed by atoms with van der Waals surface area (Å²) in [5.74, 6) is -0.647. The van der Waals surface area contributed by atoms with Crippen LogP contribution in [0.1, 0.15) is 25.6 Å². The summed E-state index contributed by atoms with van der Waals surface area (Å²) in [6.45, 7) is 3.45. The lowest BCUT2D eigenvalue weighted by atomic mass is 10.2. The molecule has 0 amide bonds. The lowest BCUT2D eigenvalue weighted by Crippen LogP contribution is -2.40. The number of carbonyl (C=O) groups is 1. The molecule has 0 spiro atoms. The predicted octanol–water partition coefficient (Wildman–Crippen LogP) is 0.260. The molecular formula is C10H17N3O4S. The normalized spacial score (nSPS) is 13.5. The van der Waals surface area contributed by atoms with Gasteiger partial charge in [-0.25, -0.2) is 13.4 Å². The molecule has 1 aromatic heterocycles. The number of carboxylic acid groups (broad SMARTS) is 1. The van der Waals surface area contributed by atoms with Crippen LogP contribution in [0.15, 0.2) is 11.2 Å². The molecule has 1 rings (SSSR count). The van der Waals surface area contributed by atoms with Crippen LogP contribution in [0.4, 0.5) is 0 Å². The summed E-state index contributed by atoms with van der Waals surface area (Å²) in [6.07, 6.45) is 2.16. The molecule has 1 heterocycles. The molecule has 0 aliphatic carbocycles. The van der Waals surface area contributed by atoms with Gasteiger partial charge in [0.2, 0.25) is 0 Å². The first-order chi connectivity index (χ1) is 8.27. The molecule has 0 bridgehead atoms. The molecular weight excluding hydrogens is 258 g/mol. The summed E-state index contributed by atoms with van der Waals surface area (Å²) >= 11 is 0. The molecule has 0 aromatic carbocycles. The number of carboxylic acids is 1. The lowest BCUT2D eigenvalue weighted by Gasteiger charge is -2.12. The number of hydrogen-bond acceptors (Lipinski definition) is 4. The molecule has 8 heteroatoms. The van der Waals surface area contributed by atoms with E-state index in [0.717, 1.165) is 0 Å². The number of aliphatic carboxylic acids is 1. The van der Waals surface area contributed by atoms with E-state index >= 15 is 0 Å². The van der Waals surface area contributed by atoms with Crippen LogP contribution in [0, 0.1) is 6.92 Å². The van der Waals surface area contributed by atoms with Crippen molar-refractivity contribution in [3.8, 4) is 0 Å². The van der Waals surface area contributed by atoms with Gasteiger partial charge in [0, 0.05) is 13.2 Å². The van der Waals surface area contributed by atoms with E-state index in [1.807, 2.05) is 0 Å². The molecule has 1 atom stereocenters. The number of sulfonamides is 1. The molecule has 1 aromatic rings. The smallest absolute Gasteiger partial charge is 0.321 e. The third kappa shape index (κ3) is 3.30. The number of aryl methyl sites for hydroxylation is 2. The van der Waals surface area contributed by atoms with Gasteiger partial charge in [-0.15, -0.1) is 0 Å². The van der Waals surface area contributed by atoms with E-state index in [-0.39, 0.29) is 11.4 Å². The van der Waals surface area contributed by atoms with Crippen molar-refractivity contribution in [2.45, 2.75) is 37.8 Å². The molecule has 18 heavy (non-hydrogen) atoms. The molecule has 0 unspecified atom stereocenters. The Labute approximate surface area is 106 Å². The van der Waals surface area contributed by atoms with Gasteiger partial charge >= 0.3 is 5.97 Å². The number of nitrogens with zero attached hydrogens (tertiary/aromatic N) is 2. The molecule has 102 valence electrons. The summed E-state index contributed by atoms with van der Waals surface area (Å²) in [6, 6.07) is -1.12. The number of imidazole rings is 1. The molecule has 0 saturated carbocycles. The van der Waals surface area contributed by atoms with Gasteiger partial charge in [0.05, 0.1) is 0 Å². The van der Waals surface area contributed by atoms with E-state index in [1.54, 1.807) is 25.5 Å². The average molecular weight is 275 g/mol. The third-order valence-electron chi connectivity index (χ3n) is 2.53. The maximum absolute atomic E-state index is 11.9. The fourth-order valence-corrected chi connectivity index (χ4v) is 2.69. The van der Waals surface area contributed by atoms with Crippen molar-refractivity contribution in [3.63, 3.8) is 0 Å². The van der Waals surface area contributed by atoms with E-state index < -0.39 is 22.0 Å². The quantitative estimate of drug-likeness (QED) is 0.775. The fourth-order valence-electron chi connectivity index (χ4n) is 1.42. The highest BCUT2D eigenvalue weighted by molar-refractivity contribution is 7.89. The van der Waals surface area contributed by atoms with Crippen LogP contribution < -0.4 is 4.72 Å². The van der Waals surface area contributed by atoms with Crippen LogP contribution in [-0.2, 0) is 21.9 Å².